The number of nitrogens with zero attached hydrogens (tertiary/aromatic N) is 1. The zero-order valence-corrected chi connectivity index (χ0v) is 12.8. The maximum atomic E-state index is 11.6. The number of carbonyl (C=O) groups is 1. The van der Waals surface area contributed by atoms with E-state index in [2.05, 4.69) is 15.0 Å². The summed E-state index contributed by atoms with van der Waals surface area (Å²) in [4.78, 5) is 11.5. The molecule has 1 amide bonds. The number of aromatic nitrogens is 1. The fourth-order valence-corrected chi connectivity index (χ4v) is 3.84. The Labute approximate surface area is 122 Å². The van der Waals surface area contributed by atoms with Gasteiger partial charge in [-0.05, 0) is 30.8 Å². The van der Waals surface area contributed by atoms with Crippen molar-refractivity contribution in [2.24, 2.45) is 0 Å². The molecule has 7 nitrogen and oxygen atoms in total. The fourth-order valence-electron chi connectivity index (χ4n) is 1.74. The number of nitrogen functional groups attached to an aromatic ring is 1. The molecule has 1 saturated carbocycles. The Kier molecular flexibility index (Phi) is 4.48. The summed E-state index contributed by atoms with van der Waals surface area (Å²) in [6, 6.07) is 0.369. The Morgan fingerprint density at radius 1 is 1.50 bits per heavy atom. The van der Waals surface area contributed by atoms with Gasteiger partial charge in [0, 0.05) is 25.3 Å². The van der Waals surface area contributed by atoms with Crippen LogP contribution < -0.4 is 16.4 Å². The lowest BCUT2D eigenvalue weighted by atomic mass is 10.3. The molecule has 1 heterocycles. The second-order valence-electron chi connectivity index (χ2n) is 4.87. The number of anilines is 2. The molecule has 1 aliphatic rings. The highest BCUT2D eigenvalue weighted by atomic mass is 32.2. The van der Waals surface area contributed by atoms with E-state index in [-0.39, 0.29) is 16.6 Å². The van der Waals surface area contributed by atoms with Crippen LogP contribution in [-0.2, 0) is 14.6 Å². The van der Waals surface area contributed by atoms with E-state index in [1.807, 2.05) is 0 Å². The van der Waals surface area contributed by atoms with Gasteiger partial charge in [0.1, 0.15) is 9.90 Å². The minimum Gasteiger partial charge on any atom is -0.382 e. The Bertz CT molecular complexity index is 593. The Morgan fingerprint density at radius 3 is 2.80 bits per heavy atom. The van der Waals surface area contributed by atoms with Crippen molar-refractivity contribution in [2.45, 2.75) is 36.6 Å². The second kappa shape index (κ2) is 5.96. The summed E-state index contributed by atoms with van der Waals surface area (Å²) in [6.45, 7) is 0.502. The van der Waals surface area contributed by atoms with Crippen LogP contribution in [0.5, 0.6) is 0 Å². The molecule has 0 aromatic carbocycles. The second-order valence-corrected chi connectivity index (χ2v) is 7.60. The average molecular weight is 318 g/mol. The summed E-state index contributed by atoms with van der Waals surface area (Å²) < 4.78 is 27.0. The maximum absolute atomic E-state index is 11.6. The van der Waals surface area contributed by atoms with Crippen molar-refractivity contribution < 1.29 is 13.2 Å². The first-order valence-electron chi connectivity index (χ1n) is 6.36. The summed E-state index contributed by atoms with van der Waals surface area (Å²) in [5.41, 5.74) is 5.56. The standard InChI is InChI=1S/C11H18N4O3S2/c1-20(17,18)9-10(12)15-19-11(9)13-6-2-3-8(16)14-7-4-5-7/h7,13H,2-6H2,1H3,(H2,12,15)(H,14,16). The highest BCUT2D eigenvalue weighted by molar-refractivity contribution is 7.91. The van der Waals surface area contributed by atoms with Crippen LogP contribution in [0.2, 0.25) is 0 Å². The molecule has 1 aromatic heterocycles. The van der Waals surface area contributed by atoms with Crippen molar-refractivity contribution in [3.05, 3.63) is 0 Å². The average Bonchev–Trinajstić information content (AvgIpc) is 3.05. The van der Waals surface area contributed by atoms with Crippen LogP contribution in [0.15, 0.2) is 4.90 Å². The largest absolute Gasteiger partial charge is 0.382 e. The first-order valence-corrected chi connectivity index (χ1v) is 9.03. The summed E-state index contributed by atoms with van der Waals surface area (Å²) in [5.74, 6) is 0.0629. The first kappa shape index (κ1) is 15.0. The third-order valence-electron chi connectivity index (χ3n) is 2.85. The van der Waals surface area contributed by atoms with Crippen LogP contribution in [0.25, 0.3) is 0 Å². The van der Waals surface area contributed by atoms with Gasteiger partial charge in [-0.15, -0.1) is 0 Å². The normalized spacial score (nSPS) is 15.1. The monoisotopic (exact) mass is 318 g/mol. The molecule has 20 heavy (non-hydrogen) atoms. The van der Waals surface area contributed by atoms with Gasteiger partial charge in [0.15, 0.2) is 15.7 Å². The zero-order chi connectivity index (χ0) is 14.8. The molecule has 0 atom stereocenters. The molecule has 0 spiro atoms. The highest BCUT2D eigenvalue weighted by Gasteiger charge is 2.23. The minimum absolute atomic E-state index is 0.0199. The van der Waals surface area contributed by atoms with Gasteiger partial charge in [-0.3, -0.25) is 4.79 Å². The molecule has 0 unspecified atom stereocenters. The number of nitrogens with two attached hydrogens (primary N) is 1. The number of nitrogens with one attached hydrogen (secondary N) is 2. The zero-order valence-electron chi connectivity index (χ0n) is 11.2. The molecular weight excluding hydrogens is 300 g/mol. The molecule has 2 rings (SSSR count). The van der Waals surface area contributed by atoms with E-state index in [1.54, 1.807) is 0 Å². The first-order chi connectivity index (χ1) is 9.38. The maximum Gasteiger partial charge on any atom is 0.220 e. The van der Waals surface area contributed by atoms with Gasteiger partial charge < -0.3 is 16.4 Å². The van der Waals surface area contributed by atoms with E-state index in [9.17, 15) is 13.2 Å². The summed E-state index contributed by atoms with van der Waals surface area (Å²) >= 11 is 1.02. The lowest BCUT2D eigenvalue weighted by molar-refractivity contribution is -0.121. The van der Waals surface area contributed by atoms with Crippen LogP contribution in [-0.4, -0.2) is 37.5 Å². The van der Waals surface area contributed by atoms with E-state index >= 15 is 0 Å². The summed E-state index contributed by atoms with van der Waals surface area (Å²) in [7, 11) is -3.40. The molecule has 4 N–H and O–H groups in total. The topological polar surface area (TPSA) is 114 Å². The SMILES string of the molecule is CS(=O)(=O)c1c(N)nsc1NCCCC(=O)NC1CC1. The fraction of sp³-hybridized carbons (Fsp3) is 0.636. The highest BCUT2D eigenvalue weighted by Crippen LogP contribution is 2.31. The van der Waals surface area contributed by atoms with Crippen molar-refractivity contribution >= 4 is 38.1 Å². The Balaban J connectivity index is 1.81. The van der Waals surface area contributed by atoms with Crippen LogP contribution >= 0.6 is 11.5 Å². The number of hydrogen-bond donors (Lipinski definition) is 3. The van der Waals surface area contributed by atoms with Crippen LogP contribution in [0.3, 0.4) is 0 Å². The van der Waals surface area contributed by atoms with E-state index in [0.717, 1.165) is 30.6 Å². The molecular formula is C11H18N4O3S2. The van der Waals surface area contributed by atoms with Crippen molar-refractivity contribution in [2.75, 3.05) is 23.9 Å². The van der Waals surface area contributed by atoms with E-state index in [4.69, 9.17) is 5.73 Å². The molecule has 1 aliphatic carbocycles. The van der Waals surface area contributed by atoms with Gasteiger partial charge in [-0.25, -0.2) is 8.42 Å². The van der Waals surface area contributed by atoms with E-state index in [1.165, 1.54) is 0 Å². The van der Waals surface area contributed by atoms with Gasteiger partial charge in [-0.1, -0.05) is 0 Å². The van der Waals surface area contributed by atoms with Gasteiger partial charge in [0.2, 0.25) is 5.91 Å². The third kappa shape index (κ3) is 4.07. The quantitative estimate of drug-likeness (QED) is 0.634. The molecule has 112 valence electrons. The van der Waals surface area contributed by atoms with Crippen molar-refractivity contribution in [1.82, 2.24) is 9.69 Å². The number of hydrogen-bond acceptors (Lipinski definition) is 7. The lowest BCUT2D eigenvalue weighted by Gasteiger charge is -2.06. The molecule has 0 aliphatic heterocycles. The Hall–Kier alpha value is -1.35. The smallest absolute Gasteiger partial charge is 0.220 e. The molecule has 0 bridgehead atoms. The number of carbonyl (C=O) groups excluding carboxylic acids is 1. The Morgan fingerprint density at radius 2 is 2.20 bits per heavy atom. The predicted molar refractivity (Wildman–Crippen MR) is 78.5 cm³/mol. The van der Waals surface area contributed by atoms with Crippen LogP contribution in [0.4, 0.5) is 10.8 Å². The van der Waals surface area contributed by atoms with Gasteiger partial charge in [0.05, 0.1) is 0 Å². The number of rotatable bonds is 7. The molecule has 0 radical (unpaired) electrons. The van der Waals surface area contributed by atoms with Crippen molar-refractivity contribution in [3.63, 3.8) is 0 Å². The number of sulfone groups is 1. The minimum atomic E-state index is -3.40. The van der Waals surface area contributed by atoms with Crippen molar-refractivity contribution in [1.29, 1.82) is 0 Å². The molecule has 9 heteroatoms. The summed E-state index contributed by atoms with van der Waals surface area (Å²) in [5, 5.41) is 6.32. The van der Waals surface area contributed by atoms with E-state index in [0.29, 0.717) is 30.4 Å². The predicted octanol–water partition coefficient (Wildman–Crippen LogP) is 0.599. The van der Waals surface area contributed by atoms with Crippen LogP contribution in [0, 0.1) is 0 Å². The lowest BCUT2D eigenvalue weighted by Crippen LogP contribution is -2.25. The molecule has 0 saturated heterocycles. The molecule has 1 fully saturated rings. The van der Waals surface area contributed by atoms with Gasteiger partial charge in [-0.2, -0.15) is 4.37 Å². The van der Waals surface area contributed by atoms with Crippen LogP contribution in [0.1, 0.15) is 25.7 Å². The summed E-state index contributed by atoms with van der Waals surface area (Å²) in [6.07, 6.45) is 4.29. The van der Waals surface area contributed by atoms with Gasteiger partial charge >= 0.3 is 0 Å². The molecule has 1 aromatic rings. The van der Waals surface area contributed by atoms with Crippen molar-refractivity contribution in [3.8, 4) is 0 Å². The van der Waals surface area contributed by atoms with E-state index < -0.39 is 9.84 Å². The third-order valence-corrected chi connectivity index (χ3v) is 4.96. The van der Waals surface area contributed by atoms with Gasteiger partial charge in [0.25, 0.3) is 0 Å². The number of amides is 1.